The minimum atomic E-state index is -0.160. The van der Waals surface area contributed by atoms with Gasteiger partial charge in [-0.25, -0.2) is 9.38 Å². The molecule has 1 aromatic carbocycles. The number of aliphatic imine (C=N–C) groups is 1. The van der Waals surface area contributed by atoms with Gasteiger partial charge >= 0.3 is 0 Å². The van der Waals surface area contributed by atoms with Gasteiger partial charge in [0, 0.05) is 45.7 Å². The SMILES string of the molecule is CCNC(=NCc1nnc2n1CCC2)N1CCN(c2ccccc2F)CC1. The molecule has 0 saturated carbocycles. The first-order valence-electron chi connectivity index (χ1n) is 9.70. The summed E-state index contributed by atoms with van der Waals surface area (Å²) in [6.07, 6.45) is 2.15. The Labute approximate surface area is 158 Å². The number of para-hydroxylation sites is 1. The third-order valence-corrected chi connectivity index (χ3v) is 5.16. The maximum Gasteiger partial charge on any atom is 0.194 e. The minimum Gasteiger partial charge on any atom is -0.366 e. The number of nitrogens with one attached hydrogen (secondary N) is 1. The van der Waals surface area contributed by atoms with Crippen LogP contribution >= 0.6 is 0 Å². The van der Waals surface area contributed by atoms with Crippen molar-refractivity contribution in [2.45, 2.75) is 32.9 Å². The molecule has 2 aliphatic heterocycles. The Hall–Kier alpha value is -2.64. The van der Waals surface area contributed by atoms with Crippen LogP contribution in [0.25, 0.3) is 0 Å². The van der Waals surface area contributed by atoms with Gasteiger partial charge in [-0.15, -0.1) is 10.2 Å². The molecule has 1 N–H and O–H groups in total. The highest BCUT2D eigenvalue weighted by molar-refractivity contribution is 5.80. The molecule has 4 rings (SSSR count). The van der Waals surface area contributed by atoms with E-state index in [1.807, 2.05) is 12.1 Å². The third-order valence-electron chi connectivity index (χ3n) is 5.16. The van der Waals surface area contributed by atoms with Crippen LogP contribution in [0.3, 0.4) is 0 Å². The molecular weight excluding hydrogens is 345 g/mol. The molecule has 2 aliphatic rings. The smallest absolute Gasteiger partial charge is 0.194 e. The van der Waals surface area contributed by atoms with E-state index in [9.17, 15) is 4.39 Å². The van der Waals surface area contributed by atoms with Gasteiger partial charge in [-0.05, 0) is 25.5 Å². The first-order valence-corrected chi connectivity index (χ1v) is 9.70. The van der Waals surface area contributed by atoms with E-state index < -0.39 is 0 Å². The first kappa shape index (κ1) is 17.8. The van der Waals surface area contributed by atoms with Crippen molar-refractivity contribution < 1.29 is 4.39 Å². The number of rotatable bonds is 4. The monoisotopic (exact) mass is 371 g/mol. The van der Waals surface area contributed by atoms with Crippen LogP contribution in [-0.4, -0.2) is 58.3 Å². The Morgan fingerprint density at radius 1 is 1.15 bits per heavy atom. The Morgan fingerprint density at radius 2 is 1.96 bits per heavy atom. The molecule has 7 nitrogen and oxygen atoms in total. The number of benzene rings is 1. The van der Waals surface area contributed by atoms with Crippen LogP contribution in [0.1, 0.15) is 25.0 Å². The summed E-state index contributed by atoms with van der Waals surface area (Å²) in [6.45, 7) is 7.55. The lowest BCUT2D eigenvalue weighted by atomic mass is 10.2. The van der Waals surface area contributed by atoms with Crippen molar-refractivity contribution in [3.8, 4) is 0 Å². The molecule has 1 fully saturated rings. The summed E-state index contributed by atoms with van der Waals surface area (Å²) in [6, 6.07) is 6.97. The third kappa shape index (κ3) is 3.74. The maximum atomic E-state index is 14.0. The van der Waals surface area contributed by atoms with E-state index in [4.69, 9.17) is 4.99 Å². The van der Waals surface area contributed by atoms with Crippen molar-refractivity contribution in [1.29, 1.82) is 0 Å². The van der Waals surface area contributed by atoms with Gasteiger partial charge < -0.3 is 19.7 Å². The molecule has 0 atom stereocenters. The number of hydrogen-bond donors (Lipinski definition) is 1. The van der Waals surface area contributed by atoms with Crippen LogP contribution in [-0.2, 0) is 19.5 Å². The van der Waals surface area contributed by atoms with E-state index in [-0.39, 0.29) is 5.82 Å². The molecule has 0 bridgehead atoms. The second-order valence-electron chi connectivity index (χ2n) is 6.88. The number of nitrogens with zero attached hydrogens (tertiary/aromatic N) is 6. The largest absolute Gasteiger partial charge is 0.366 e. The Balaban J connectivity index is 1.41. The summed E-state index contributed by atoms with van der Waals surface area (Å²) in [5.74, 6) is 2.74. The highest BCUT2D eigenvalue weighted by Crippen LogP contribution is 2.20. The fraction of sp³-hybridized carbons (Fsp3) is 0.526. The molecule has 0 aliphatic carbocycles. The Bertz CT molecular complexity index is 808. The highest BCUT2D eigenvalue weighted by Gasteiger charge is 2.22. The predicted molar refractivity (Wildman–Crippen MR) is 103 cm³/mol. The molecule has 3 heterocycles. The average Bonchev–Trinajstić information content (AvgIpc) is 3.30. The zero-order chi connectivity index (χ0) is 18.6. The number of guanidine groups is 1. The Kier molecular flexibility index (Phi) is 5.22. The van der Waals surface area contributed by atoms with E-state index in [0.717, 1.165) is 69.7 Å². The molecule has 8 heteroatoms. The van der Waals surface area contributed by atoms with E-state index in [0.29, 0.717) is 12.2 Å². The number of halogens is 1. The van der Waals surface area contributed by atoms with E-state index >= 15 is 0 Å². The van der Waals surface area contributed by atoms with E-state index in [1.165, 1.54) is 6.07 Å². The molecule has 27 heavy (non-hydrogen) atoms. The van der Waals surface area contributed by atoms with Crippen LogP contribution in [0.4, 0.5) is 10.1 Å². The molecule has 0 unspecified atom stereocenters. The van der Waals surface area contributed by atoms with Gasteiger partial charge in [0.1, 0.15) is 18.2 Å². The summed E-state index contributed by atoms with van der Waals surface area (Å²) in [4.78, 5) is 9.12. The zero-order valence-corrected chi connectivity index (χ0v) is 15.7. The van der Waals surface area contributed by atoms with Crippen molar-refractivity contribution in [2.24, 2.45) is 4.99 Å². The molecule has 2 aromatic rings. The molecule has 144 valence electrons. The molecule has 1 saturated heterocycles. The van der Waals surface area contributed by atoms with Gasteiger partial charge in [0.2, 0.25) is 0 Å². The van der Waals surface area contributed by atoms with Crippen molar-refractivity contribution in [1.82, 2.24) is 25.0 Å². The number of aryl methyl sites for hydroxylation is 1. The number of aromatic nitrogens is 3. The lowest BCUT2D eigenvalue weighted by Gasteiger charge is -2.37. The van der Waals surface area contributed by atoms with Crippen LogP contribution in [0.15, 0.2) is 29.3 Å². The fourth-order valence-electron chi connectivity index (χ4n) is 3.77. The van der Waals surface area contributed by atoms with Gasteiger partial charge in [-0.1, -0.05) is 12.1 Å². The summed E-state index contributed by atoms with van der Waals surface area (Å²) >= 11 is 0. The van der Waals surface area contributed by atoms with Gasteiger partial charge in [-0.3, -0.25) is 0 Å². The number of fused-ring (bicyclic) bond motifs is 1. The van der Waals surface area contributed by atoms with Crippen LogP contribution in [0.2, 0.25) is 0 Å². The normalized spacial score (nSPS) is 17.3. The number of piperazine rings is 1. The Morgan fingerprint density at radius 3 is 2.74 bits per heavy atom. The molecular formula is C19H26FN7. The van der Waals surface area contributed by atoms with Gasteiger partial charge in [-0.2, -0.15) is 0 Å². The van der Waals surface area contributed by atoms with E-state index in [2.05, 4.69) is 36.8 Å². The van der Waals surface area contributed by atoms with Gasteiger partial charge in [0.25, 0.3) is 0 Å². The van der Waals surface area contributed by atoms with Crippen molar-refractivity contribution in [3.63, 3.8) is 0 Å². The molecule has 0 spiro atoms. The summed E-state index contributed by atoms with van der Waals surface area (Å²) in [7, 11) is 0. The van der Waals surface area contributed by atoms with Crippen molar-refractivity contribution in [3.05, 3.63) is 41.7 Å². The van der Waals surface area contributed by atoms with Crippen LogP contribution in [0, 0.1) is 5.82 Å². The fourth-order valence-corrected chi connectivity index (χ4v) is 3.77. The summed E-state index contributed by atoms with van der Waals surface area (Å²) in [5, 5.41) is 11.9. The topological polar surface area (TPSA) is 61.6 Å². The lowest BCUT2D eigenvalue weighted by molar-refractivity contribution is 0.370. The average molecular weight is 371 g/mol. The predicted octanol–water partition coefficient (Wildman–Crippen LogP) is 1.65. The van der Waals surface area contributed by atoms with E-state index in [1.54, 1.807) is 6.07 Å². The second-order valence-corrected chi connectivity index (χ2v) is 6.88. The first-order chi connectivity index (χ1) is 13.3. The van der Waals surface area contributed by atoms with Crippen LogP contribution in [0.5, 0.6) is 0 Å². The quantitative estimate of drug-likeness (QED) is 0.654. The standard InChI is InChI=1S/C19H26FN7/c1-2-21-19(22-14-18-24-23-17-8-5-9-27(17)18)26-12-10-25(11-13-26)16-7-4-3-6-15(16)20/h3-4,6-7H,2,5,8-14H2,1H3,(H,21,22). The van der Waals surface area contributed by atoms with Crippen molar-refractivity contribution >= 4 is 11.6 Å². The highest BCUT2D eigenvalue weighted by atomic mass is 19.1. The minimum absolute atomic E-state index is 0.160. The zero-order valence-electron chi connectivity index (χ0n) is 15.7. The van der Waals surface area contributed by atoms with Gasteiger partial charge in [0.15, 0.2) is 11.8 Å². The van der Waals surface area contributed by atoms with Gasteiger partial charge in [0.05, 0.1) is 5.69 Å². The lowest BCUT2D eigenvalue weighted by Crippen LogP contribution is -2.52. The van der Waals surface area contributed by atoms with Crippen LogP contribution < -0.4 is 10.2 Å². The maximum absolute atomic E-state index is 14.0. The molecule has 0 amide bonds. The second kappa shape index (κ2) is 7.94. The summed E-state index contributed by atoms with van der Waals surface area (Å²) < 4.78 is 16.2. The molecule has 1 aromatic heterocycles. The summed E-state index contributed by atoms with van der Waals surface area (Å²) in [5.41, 5.74) is 0.679. The number of hydrogen-bond acceptors (Lipinski definition) is 4. The van der Waals surface area contributed by atoms with Crippen molar-refractivity contribution in [2.75, 3.05) is 37.6 Å². The molecule has 0 radical (unpaired) electrons. The number of anilines is 1.